The molecule has 0 amide bonds. The maximum Gasteiger partial charge on any atom is 0.309 e. The van der Waals surface area contributed by atoms with Crippen LogP contribution >= 0.6 is 23.6 Å². The fraction of sp³-hybridized carbons (Fsp3) is 0.217. The fourth-order valence-corrected chi connectivity index (χ4v) is 4.25. The molecule has 1 fully saturated rings. The lowest BCUT2D eigenvalue weighted by Gasteiger charge is -2.23. The first-order valence-electron chi connectivity index (χ1n) is 9.59. The summed E-state index contributed by atoms with van der Waals surface area (Å²) < 4.78 is 24.8. The topological polar surface area (TPSA) is 68.7 Å². The Morgan fingerprint density at radius 2 is 2.19 bits per heavy atom. The average Bonchev–Trinajstić information content (AvgIpc) is 2.72. The van der Waals surface area contributed by atoms with Crippen LogP contribution in [0, 0.1) is 5.82 Å². The molecule has 160 valence electrons. The minimum Gasteiger partial charge on any atom is -0.458 e. The largest absolute Gasteiger partial charge is 0.458 e. The van der Waals surface area contributed by atoms with Crippen LogP contribution in [0.15, 0.2) is 53.6 Å². The molecule has 2 aromatic carbocycles. The number of fused-ring (bicyclic) bond motifs is 1. The number of benzene rings is 2. The standard InChI is InChI=1S/C23H19ClFNO4S/c1-29-31-17-4-2-3-13(7-17)23-14(5-6-16-8-15(27)9-22(28)30-16)12-26-21-11-19(24)20(25)10-18(21)23/h2-7,10-12,15-16,27H,8-9H2,1H3/t15-,16-/m1/s1. The third-order valence-corrected chi connectivity index (χ3v) is 5.82. The van der Waals surface area contributed by atoms with E-state index in [1.165, 1.54) is 24.2 Å². The molecule has 0 saturated carbocycles. The van der Waals surface area contributed by atoms with Crippen LogP contribution in [0.1, 0.15) is 18.4 Å². The van der Waals surface area contributed by atoms with Gasteiger partial charge in [-0.15, -0.1) is 0 Å². The van der Waals surface area contributed by atoms with Crippen molar-refractivity contribution < 1.29 is 23.2 Å². The van der Waals surface area contributed by atoms with Crippen LogP contribution in [0.2, 0.25) is 5.02 Å². The van der Waals surface area contributed by atoms with Gasteiger partial charge in [-0.2, -0.15) is 0 Å². The van der Waals surface area contributed by atoms with Crippen molar-refractivity contribution in [2.45, 2.75) is 29.9 Å². The van der Waals surface area contributed by atoms with E-state index >= 15 is 0 Å². The minimum absolute atomic E-state index is 0.000960. The molecule has 1 aromatic heterocycles. The van der Waals surface area contributed by atoms with Crippen LogP contribution in [0.25, 0.3) is 28.1 Å². The summed E-state index contributed by atoms with van der Waals surface area (Å²) in [5.74, 6) is -0.976. The summed E-state index contributed by atoms with van der Waals surface area (Å²) in [6, 6.07) is 10.5. The van der Waals surface area contributed by atoms with Gasteiger partial charge in [0.2, 0.25) is 0 Å². The van der Waals surface area contributed by atoms with Crippen LogP contribution in [0.3, 0.4) is 0 Å². The lowest BCUT2D eigenvalue weighted by molar-refractivity contribution is -0.156. The maximum atomic E-state index is 14.4. The zero-order valence-electron chi connectivity index (χ0n) is 16.5. The summed E-state index contributed by atoms with van der Waals surface area (Å²) in [6.45, 7) is 0. The number of aliphatic hydroxyl groups excluding tert-OH is 1. The number of hydrogen-bond donors (Lipinski definition) is 1. The molecular formula is C23H19ClFNO4S. The molecule has 2 atom stereocenters. The van der Waals surface area contributed by atoms with Crippen molar-refractivity contribution in [2.24, 2.45) is 0 Å². The highest BCUT2D eigenvalue weighted by Crippen LogP contribution is 2.36. The molecule has 0 unspecified atom stereocenters. The molecule has 0 radical (unpaired) electrons. The Kier molecular flexibility index (Phi) is 6.57. The number of carbonyl (C=O) groups excluding carboxylic acids is 1. The normalized spacial score (nSPS) is 19.2. The second-order valence-electron chi connectivity index (χ2n) is 7.13. The summed E-state index contributed by atoms with van der Waals surface area (Å²) in [7, 11) is 1.59. The first-order chi connectivity index (χ1) is 14.9. The number of hydrogen-bond acceptors (Lipinski definition) is 6. The Morgan fingerprint density at radius 3 is 2.97 bits per heavy atom. The summed E-state index contributed by atoms with van der Waals surface area (Å²) in [5, 5.41) is 10.4. The van der Waals surface area contributed by atoms with Crippen molar-refractivity contribution in [3.8, 4) is 11.1 Å². The van der Waals surface area contributed by atoms with Gasteiger partial charge in [-0.3, -0.25) is 9.78 Å². The minimum atomic E-state index is -0.732. The van der Waals surface area contributed by atoms with E-state index in [9.17, 15) is 14.3 Å². The smallest absolute Gasteiger partial charge is 0.309 e. The summed E-state index contributed by atoms with van der Waals surface area (Å²) in [6.07, 6.45) is 4.20. The molecule has 8 heteroatoms. The van der Waals surface area contributed by atoms with Crippen LogP contribution < -0.4 is 0 Å². The Bertz CT molecular complexity index is 1170. The number of halogens is 2. The van der Waals surface area contributed by atoms with E-state index in [1.54, 1.807) is 25.5 Å². The van der Waals surface area contributed by atoms with Gasteiger partial charge in [0, 0.05) is 40.5 Å². The predicted molar refractivity (Wildman–Crippen MR) is 119 cm³/mol. The van der Waals surface area contributed by atoms with Crippen LogP contribution in [-0.4, -0.2) is 35.4 Å². The lowest BCUT2D eigenvalue weighted by atomic mass is 9.95. The number of esters is 1. The highest BCUT2D eigenvalue weighted by atomic mass is 35.5. The van der Waals surface area contributed by atoms with E-state index in [0.29, 0.717) is 22.9 Å². The van der Waals surface area contributed by atoms with Crippen LogP contribution in [0.5, 0.6) is 0 Å². The summed E-state index contributed by atoms with van der Waals surface area (Å²) in [4.78, 5) is 16.9. The van der Waals surface area contributed by atoms with E-state index in [0.717, 1.165) is 16.0 Å². The molecule has 4 rings (SSSR count). The Hall–Kier alpha value is -2.45. The van der Waals surface area contributed by atoms with Gasteiger partial charge in [0.05, 0.1) is 30.2 Å². The molecule has 0 bridgehead atoms. The molecule has 3 aromatic rings. The molecular weight excluding hydrogens is 441 g/mol. The number of nitrogens with zero attached hydrogens (tertiary/aromatic N) is 1. The molecule has 31 heavy (non-hydrogen) atoms. The van der Waals surface area contributed by atoms with Gasteiger partial charge >= 0.3 is 5.97 Å². The number of carbonyl (C=O) groups is 1. The molecule has 2 heterocycles. The Morgan fingerprint density at radius 1 is 1.35 bits per heavy atom. The highest BCUT2D eigenvalue weighted by molar-refractivity contribution is 7.94. The quantitative estimate of drug-likeness (QED) is 0.405. The van der Waals surface area contributed by atoms with E-state index in [4.69, 9.17) is 20.5 Å². The molecule has 0 aliphatic carbocycles. The second kappa shape index (κ2) is 9.36. The van der Waals surface area contributed by atoms with Crippen molar-refractivity contribution in [1.82, 2.24) is 4.98 Å². The van der Waals surface area contributed by atoms with Gasteiger partial charge in [0.1, 0.15) is 11.9 Å². The number of rotatable bonds is 5. The number of ether oxygens (including phenoxy) is 1. The Balaban J connectivity index is 1.84. The number of aliphatic hydroxyl groups is 1. The SMILES string of the molecule is COSc1cccc(-c2c(C=C[C@@H]3C[C@@H](O)CC(=O)O3)cnc3cc(Cl)c(F)cc23)c1. The Labute approximate surface area is 188 Å². The molecule has 1 saturated heterocycles. The average molecular weight is 460 g/mol. The van der Waals surface area contributed by atoms with Crippen LogP contribution in [0.4, 0.5) is 4.39 Å². The van der Waals surface area contributed by atoms with Gasteiger partial charge in [-0.05, 0) is 41.5 Å². The number of pyridine rings is 1. The zero-order valence-corrected chi connectivity index (χ0v) is 18.1. The first-order valence-corrected chi connectivity index (χ1v) is 10.7. The van der Waals surface area contributed by atoms with E-state index < -0.39 is 24.0 Å². The van der Waals surface area contributed by atoms with Crippen molar-refractivity contribution in [3.05, 3.63) is 65.1 Å². The van der Waals surface area contributed by atoms with E-state index in [2.05, 4.69) is 4.98 Å². The molecule has 0 spiro atoms. The summed E-state index contributed by atoms with van der Waals surface area (Å²) in [5.41, 5.74) is 2.88. The predicted octanol–water partition coefficient (Wildman–Crippen LogP) is 5.43. The van der Waals surface area contributed by atoms with Crippen molar-refractivity contribution >= 4 is 46.6 Å². The maximum absolute atomic E-state index is 14.4. The van der Waals surface area contributed by atoms with Gasteiger partial charge in [-0.25, -0.2) is 4.39 Å². The number of cyclic esters (lactones) is 1. The fourth-order valence-electron chi connectivity index (χ4n) is 3.59. The molecule has 5 nitrogen and oxygen atoms in total. The lowest BCUT2D eigenvalue weighted by Crippen LogP contribution is -2.31. The van der Waals surface area contributed by atoms with Gasteiger partial charge in [0.25, 0.3) is 0 Å². The van der Waals surface area contributed by atoms with Crippen molar-refractivity contribution in [2.75, 3.05) is 7.11 Å². The van der Waals surface area contributed by atoms with Gasteiger partial charge in [-0.1, -0.05) is 29.8 Å². The molecule has 1 N–H and O–H groups in total. The zero-order chi connectivity index (χ0) is 22.0. The second-order valence-corrected chi connectivity index (χ2v) is 8.51. The van der Waals surface area contributed by atoms with Gasteiger partial charge in [0.15, 0.2) is 0 Å². The third kappa shape index (κ3) is 4.91. The first kappa shape index (κ1) is 21.8. The highest BCUT2D eigenvalue weighted by Gasteiger charge is 2.25. The van der Waals surface area contributed by atoms with Crippen molar-refractivity contribution in [3.63, 3.8) is 0 Å². The third-order valence-electron chi connectivity index (χ3n) is 4.92. The van der Waals surface area contributed by atoms with E-state index in [1.807, 2.05) is 24.3 Å². The van der Waals surface area contributed by atoms with Crippen molar-refractivity contribution in [1.29, 1.82) is 0 Å². The van der Waals surface area contributed by atoms with E-state index in [-0.39, 0.29) is 11.4 Å². The summed E-state index contributed by atoms with van der Waals surface area (Å²) >= 11 is 7.18. The molecule has 1 aliphatic rings. The van der Waals surface area contributed by atoms with Gasteiger partial charge < -0.3 is 14.0 Å². The van der Waals surface area contributed by atoms with Crippen LogP contribution in [-0.2, 0) is 13.7 Å². The number of aromatic nitrogens is 1. The monoisotopic (exact) mass is 459 g/mol. The molecule has 1 aliphatic heterocycles.